The molecule has 1 rings (SSSR count). The molecule has 114 valence electrons. The fraction of sp³-hybridized carbons (Fsp3) is 0.647. The molecule has 0 aromatic heterocycles. The Bertz CT molecular complexity index is 437. The average Bonchev–Trinajstić information content (AvgIpc) is 2.33. The van der Waals surface area contributed by atoms with Crippen LogP contribution in [0.3, 0.4) is 0 Å². The number of rotatable bonds is 7. The molecule has 0 aliphatic rings. The van der Waals surface area contributed by atoms with Crippen molar-refractivity contribution in [3.63, 3.8) is 0 Å². The van der Waals surface area contributed by atoms with E-state index in [4.69, 9.17) is 0 Å². The van der Waals surface area contributed by atoms with Crippen LogP contribution in [-0.2, 0) is 16.6 Å². The summed E-state index contributed by atoms with van der Waals surface area (Å²) in [6.07, 6.45) is 1.11. The predicted molar refractivity (Wildman–Crippen MR) is 89.4 cm³/mol. The molecular weight excluding hydrogens is 266 g/mol. The highest BCUT2D eigenvalue weighted by Gasteiger charge is 2.25. The molecule has 0 heterocycles. The van der Waals surface area contributed by atoms with E-state index >= 15 is 0 Å². The first-order chi connectivity index (χ1) is 9.32. The Labute approximate surface area is 126 Å². The van der Waals surface area contributed by atoms with E-state index in [-0.39, 0.29) is 5.41 Å². The monoisotopic (exact) mass is 295 g/mol. The largest absolute Gasteiger partial charge is 0.313 e. The van der Waals surface area contributed by atoms with E-state index in [0.717, 1.165) is 18.7 Å². The molecule has 0 radical (unpaired) electrons. The normalized spacial score (nSPS) is 15.1. The van der Waals surface area contributed by atoms with Crippen molar-refractivity contribution >= 4 is 10.8 Å². The summed E-state index contributed by atoms with van der Waals surface area (Å²) < 4.78 is 12.4. The van der Waals surface area contributed by atoms with E-state index in [1.54, 1.807) is 0 Å². The molecule has 0 fully saturated rings. The molecule has 0 amide bonds. The van der Waals surface area contributed by atoms with E-state index in [0.29, 0.717) is 11.8 Å². The van der Waals surface area contributed by atoms with Crippen LogP contribution in [0.5, 0.6) is 0 Å². The highest BCUT2D eigenvalue weighted by atomic mass is 32.2. The van der Waals surface area contributed by atoms with Gasteiger partial charge in [0, 0.05) is 28.3 Å². The Balaban J connectivity index is 2.62. The van der Waals surface area contributed by atoms with E-state index in [1.807, 2.05) is 6.07 Å². The maximum absolute atomic E-state index is 12.4. The minimum Gasteiger partial charge on any atom is -0.313 e. The minimum atomic E-state index is -0.822. The van der Waals surface area contributed by atoms with Crippen molar-refractivity contribution in [1.29, 1.82) is 0 Å². The van der Waals surface area contributed by atoms with Gasteiger partial charge in [-0.05, 0) is 30.9 Å². The number of hydrogen-bond acceptors (Lipinski definition) is 2. The van der Waals surface area contributed by atoms with Gasteiger partial charge in [0.05, 0.1) is 0 Å². The van der Waals surface area contributed by atoms with Crippen molar-refractivity contribution in [1.82, 2.24) is 5.32 Å². The standard InChI is InChI=1S/C17H29NOS/c1-6-10-18-16(17(3,4)5)13-20(19)12-15-9-7-8-14(2)11-15/h7-9,11,16,18H,6,10,12-13H2,1-5H3. The van der Waals surface area contributed by atoms with Gasteiger partial charge in [0.2, 0.25) is 0 Å². The lowest BCUT2D eigenvalue weighted by atomic mass is 9.88. The summed E-state index contributed by atoms with van der Waals surface area (Å²) in [6, 6.07) is 8.61. The quantitative estimate of drug-likeness (QED) is 0.832. The molecule has 0 spiro atoms. The summed E-state index contributed by atoms with van der Waals surface area (Å²) in [5.74, 6) is 1.37. The summed E-state index contributed by atoms with van der Waals surface area (Å²) >= 11 is 0. The second-order valence-electron chi connectivity index (χ2n) is 6.61. The van der Waals surface area contributed by atoms with Gasteiger partial charge in [-0.3, -0.25) is 4.21 Å². The van der Waals surface area contributed by atoms with Crippen molar-refractivity contribution in [3.8, 4) is 0 Å². The molecule has 2 nitrogen and oxygen atoms in total. The van der Waals surface area contributed by atoms with Crippen LogP contribution >= 0.6 is 0 Å². The maximum Gasteiger partial charge on any atom is 0.0486 e. The van der Waals surface area contributed by atoms with Crippen LogP contribution in [-0.4, -0.2) is 22.5 Å². The fourth-order valence-electron chi connectivity index (χ4n) is 2.17. The lowest BCUT2D eigenvalue weighted by molar-refractivity contribution is 0.290. The summed E-state index contributed by atoms with van der Waals surface area (Å²) in [5, 5.41) is 3.54. The van der Waals surface area contributed by atoms with Crippen LogP contribution in [0.1, 0.15) is 45.2 Å². The molecule has 20 heavy (non-hydrogen) atoms. The molecule has 3 heteroatoms. The molecule has 0 bridgehead atoms. The molecule has 0 saturated carbocycles. The third kappa shape index (κ3) is 6.19. The molecule has 0 saturated heterocycles. The van der Waals surface area contributed by atoms with Crippen LogP contribution in [0.15, 0.2) is 24.3 Å². The summed E-state index contributed by atoms with van der Waals surface area (Å²) in [5.41, 5.74) is 2.54. The summed E-state index contributed by atoms with van der Waals surface area (Å²) in [6.45, 7) is 11.9. The number of hydrogen-bond donors (Lipinski definition) is 1. The Morgan fingerprint density at radius 2 is 2.00 bits per heavy atom. The van der Waals surface area contributed by atoms with Crippen LogP contribution in [0, 0.1) is 12.3 Å². The van der Waals surface area contributed by atoms with E-state index in [2.05, 4.69) is 58.1 Å². The first kappa shape index (κ1) is 17.4. The Kier molecular flexibility index (Phi) is 6.90. The molecule has 2 unspecified atom stereocenters. The van der Waals surface area contributed by atoms with Gasteiger partial charge in [0.15, 0.2) is 0 Å². The van der Waals surface area contributed by atoms with Crippen LogP contribution in [0.2, 0.25) is 0 Å². The maximum atomic E-state index is 12.4. The van der Waals surface area contributed by atoms with Crippen molar-refractivity contribution in [2.24, 2.45) is 5.41 Å². The van der Waals surface area contributed by atoms with Gasteiger partial charge in [0.1, 0.15) is 0 Å². The Morgan fingerprint density at radius 3 is 2.55 bits per heavy atom. The minimum absolute atomic E-state index is 0.136. The molecule has 0 aliphatic carbocycles. The van der Waals surface area contributed by atoms with Gasteiger partial charge >= 0.3 is 0 Å². The average molecular weight is 295 g/mol. The molecule has 1 aromatic rings. The molecule has 2 atom stereocenters. The van der Waals surface area contributed by atoms with Gasteiger partial charge in [-0.1, -0.05) is 57.5 Å². The molecule has 1 N–H and O–H groups in total. The number of aryl methyl sites for hydroxylation is 1. The van der Waals surface area contributed by atoms with E-state index < -0.39 is 10.8 Å². The lowest BCUT2D eigenvalue weighted by Gasteiger charge is -2.31. The zero-order valence-electron chi connectivity index (χ0n) is 13.5. The second kappa shape index (κ2) is 7.94. The van der Waals surface area contributed by atoms with Crippen molar-refractivity contribution in [3.05, 3.63) is 35.4 Å². The second-order valence-corrected chi connectivity index (χ2v) is 8.11. The molecule has 0 aliphatic heterocycles. The van der Waals surface area contributed by atoms with Crippen LogP contribution in [0.4, 0.5) is 0 Å². The zero-order chi connectivity index (χ0) is 15.2. The third-order valence-corrected chi connectivity index (χ3v) is 4.81. The van der Waals surface area contributed by atoms with Gasteiger partial charge < -0.3 is 5.32 Å². The van der Waals surface area contributed by atoms with Crippen molar-refractivity contribution in [2.45, 2.75) is 52.8 Å². The molecular formula is C17H29NOS. The fourth-order valence-corrected chi connectivity index (χ4v) is 3.83. The summed E-state index contributed by atoms with van der Waals surface area (Å²) in [4.78, 5) is 0. The highest BCUT2D eigenvalue weighted by Crippen LogP contribution is 2.21. The topological polar surface area (TPSA) is 29.1 Å². The highest BCUT2D eigenvalue weighted by molar-refractivity contribution is 7.84. The molecule has 1 aromatic carbocycles. The van der Waals surface area contributed by atoms with Crippen LogP contribution < -0.4 is 5.32 Å². The van der Waals surface area contributed by atoms with E-state index in [9.17, 15) is 4.21 Å². The summed E-state index contributed by atoms with van der Waals surface area (Å²) in [7, 11) is -0.822. The van der Waals surface area contributed by atoms with Gasteiger partial charge in [-0.25, -0.2) is 0 Å². The first-order valence-electron chi connectivity index (χ1n) is 7.47. The van der Waals surface area contributed by atoms with Gasteiger partial charge in [-0.2, -0.15) is 0 Å². The lowest BCUT2D eigenvalue weighted by Crippen LogP contribution is -2.44. The number of nitrogens with one attached hydrogen (secondary N) is 1. The smallest absolute Gasteiger partial charge is 0.0486 e. The number of benzene rings is 1. The Morgan fingerprint density at radius 1 is 1.30 bits per heavy atom. The predicted octanol–water partition coefficient (Wildman–Crippen LogP) is 3.66. The van der Waals surface area contributed by atoms with Gasteiger partial charge in [0.25, 0.3) is 0 Å². The van der Waals surface area contributed by atoms with Crippen molar-refractivity contribution < 1.29 is 4.21 Å². The van der Waals surface area contributed by atoms with Crippen molar-refractivity contribution in [2.75, 3.05) is 12.3 Å². The SMILES string of the molecule is CCCNC(CS(=O)Cc1cccc(C)c1)C(C)(C)C. The Hall–Kier alpha value is -0.670. The van der Waals surface area contributed by atoms with Crippen LogP contribution in [0.25, 0.3) is 0 Å². The van der Waals surface area contributed by atoms with Gasteiger partial charge in [-0.15, -0.1) is 0 Å². The third-order valence-electron chi connectivity index (χ3n) is 3.45. The van der Waals surface area contributed by atoms with E-state index in [1.165, 1.54) is 11.1 Å². The zero-order valence-corrected chi connectivity index (χ0v) is 14.3. The first-order valence-corrected chi connectivity index (χ1v) is 8.95.